The number of hydrogen-bond acceptors (Lipinski definition) is 5. The van der Waals surface area contributed by atoms with Crippen molar-refractivity contribution >= 4 is 78.0 Å². The third-order valence-corrected chi connectivity index (χ3v) is 17.3. The summed E-state index contributed by atoms with van der Waals surface area (Å²) in [5, 5.41) is 3.87. The van der Waals surface area contributed by atoms with E-state index < -0.39 is 5.41 Å². The number of halogens is 1. The van der Waals surface area contributed by atoms with Crippen LogP contribution >= 0.6 is 0 Å². The molecule has 5 nitrogen and oxygen atoms in total. The Kier molecular flexibility index (Phi) is 12.6. The summed E-state index contributed by atoms with van der Waals surface area (Å²) < 4.78 is 37.5. The zero-order valence-corrected chi connectivity index (χ0v) is 49.6. The van der Waals surface area contributed by atoms with Crippen molar-refractivity contribution in [2.45, 2.75) is 84.0 Å². The minimum absolute atomic E-state index is 0.00522. The van der Waals surface area contributed by atoms with Crippen LogP contribution in [0.5, 0.6) is 11.5 Å². The van der Waals surface area contributed by atoms with Crippen LogP contribution in [0.1, 0.15) is 101 Å². The molecule has 1 unspecified atom stereocenters. The molecule has 1 aliphatic carbocycles. The van der Waals surface area contributed by atoms with Gasteiger partial charge in [-0.05, 0) is 164 Å². The van der Waals surface area contributed by atoms with Crippen molar-refractivity contribution in [2.75, 3.05) is 9.80 Å². The molecule has 2 heterocycles. The highest BCUT2D eigenvalue weighted by Crippen LogP contribution is 2.65. The van der Waals surface area contributed by atoms with E-state index in [-0.39, 0.29) is 22.1 Å². The highest BCUT2D eigenvalue weighted by molar-refractivity contribution is 6.26. The number of furan rings is 2. The maximum atomic E-state index is 15.9. The summed E-state index contributed by atoms with van der Waals surface area (Å²) in [5.41, 5.74) is 16.8. The summed E-state index contributed by atoms with van der Waals surface area (Å²) in [6, 6.07) is 84.7. The zero-order valence-electron chi connectivity index (χ0n) is 49.6. The summed E-state index contributed by atoms with van der Waals surface area (Å²) in [6.45, 7) is 20.2. The van der Waals surface area contributed by atoms with Crippen molar-refractivity contribution < 1.29 is 18.0 Å². The van der Waals surface area contributed by atoms with E-state index in [1.807, 2.05) is 36.4 Å². The van der Waals surface area contributed by atoms with Crippen LogP contribution in [0.25, 0.3) is 55.0 Å². The molecule has 1 aliphatic rings. The lowest BCUT2D eigenvalue weighted by Gasteiger charge is -2.36. The summed E-state index contributed by atoms with van der Waals surface area (Å²) in [7, 11) is 0. The Morgan fingerprint density at radius 2 is 0.741 bits per heavy atom. The van der Waals surface area contributed by atoms with Gasteiger partial charge in [0.15, 0.2) is 5.58 Å². The van der Waals surface area contributed by atoms with Gasteiger partial charge in [0.25, 0.3) is 0 Å². The molecular weight excluding hydrogens is 1040 g/mol. The lowest BCUT2D eigenvalue weighted by molar-refractivity contribution is 0.481. The number of fused-ring (bicyclic) bond motifs is 11. The molecule has 14 rings (SSSR count). The minimum Gasteiger partial charge on any atom is -0.457 e. The predicted octanol–water partition coefficient (Wildman–Crippen LogP) is 22.6. The Bertz CT molecular complexity index is 4640. The van der Waals surface area contributed by atoms with Crippen molar-refractivity contribution in [3.63, 3.8) is 0 Å². The molecule has 0 spiro atoms. The van der Waals surface area contributed by atoms with Crippen LogP contribution in [-0.2, 0) is 21.7 Å². The van der Waals surface area contributed by atoms with E-state index in [1.54, 1.807) is 12.1 Å². The van der Waals surface area contributed by atoms with E-state index in [0.717, 1.165) is 117 Å². The van der Waals surface area contributed by atoms with Gasteiger partial charge in [-0.25, -0.2) is 4.39 Å². The van der Waals surface area contributed by atoms with Gasteiger partial charge in [0, 0.05) is 50.0 Å². The monoisotopic (exact) mass is 1110 g/mol. The number of ether oxygens (including phenoxy) is 1. The molecular formula is C79H67FN2O3. The first-order valence-electron chi connectivity index (χ1n) is 29.5. The highest BCUT2D eigenvalue weighted by atomic mass is 19.1. The molecule has 0 saturated carbocycles. The third kappa shape index (κ3) is 8.97. The van der Waals surface area contributed by atoms with Crippen molar-refractivity contribution in [2.24, 2.45) is 0 Å². The second kappa shape index (κ2) is 20.0. The lowest BCUT2D eigenvalue weighted by atomic mass is 9.67. The third-order valence-electron chi connectivity index (χ3n) is 17.3. The van der Waals surface area contributed by atoms with Gasteiger partial charge in [0.1, 0.15) is 34.1 Å². The molecule has 1 atom stereocenters. The fourth-order valence-electron chi connectivity index (χ4n) is 13.0. The van der Waals surface area contributed by atoms with E-state index in [1.165, 1.54) is 16.7 Å². The van der Waals surface area contributed by atoms with Gasteiger partial charge >= 0.3 is 0 Å². The molecule has 11 aromatic carbocycles. The Hall–Kier alpha value is -9.65. The molecule has 0 radical (unpaired) electrons. The fraction of sp³-hybridized carbons (Fsp3) is 0.165. The Labute approximate surface area is 497 Å². The number of anilines is 6. The van der Waals surface area contributed by atoms with Crippen LogP contribution in [0, 0.1) is 5.82 Å². The topological polar surface area (TPSA) is 42.0 Å². The molecule has 2 aromatic heterocycles. The van der Waals surface area contributed by atoms with Crippen LogP contribution in [0.15, 0.2) is 251 Å². The molecule has 85 heavy (non-hydrogen) atoms. The molecule has 0 fully saturated rings. The molecule has 0 N–H and O–H groups in total. The first-order valence-corrected chi connectivity index (χ1v) is 29.5. The summed E-state index contributed by atoms with van der Waals surface area (Å²) >= 11 is 0. The Morgan fingerprint density at radius 3 is 1.24 bits per heavy atom. The van der Waals surface area contributed by atoms with E-state index in [9.17, 15) is 0 Å². The molecule has 0 amide bonds. The maximum absolute atomic E-state index is 15.9. The van der Waals surface area contributed by atoms with Gasteiger partial charge in [0.2, 0.25) is 0 Å². The van der Waals surface area contributed by atoms with E-state index in [2.05, 4.69) is 266 Å². The van der Waals surface area contributed by atoms with Gasteiger partial charge in [-0.3, -0.25) is 0 Å². The van der Waals surface area contributed by atoms with E-state index in [0.29, 0.717) is 5.75 Å². The van der Waals surface area contributed by atoms with Crippen molar-refractivity contribution in [1.82, 2.24) is 0 Å². The number of para-hydroxylation sites is 4. The number of benzene rings is 11. The lowest BCUT2D eigenvalue weighted by Crippen LogP contribution is -2.29. The Morgan fingerprint density at radius 1 is 0.365 bits per heavy atom. The quantitative estimate of drug-likeness (QED) is 0.137. The van der Waals surface area contributed by atoms with Crippen LogP contribution < -0.4 is 14.5 Å². The van der Waals surface area contributed by atoms with Gasteiger partial charge in [0.05, 0.1) is 22.2 Å². The van der Waals surface area contributed by atoms with Crippen LogP contribution in [-0.4, -0.2) is 0 Å². The fourth-order valence-corrected chi connectivity index (χ4v) is 13.0. The minimum atomic E-state index is -1.15. The number of hydrogen-bond donors (Lipinski definition) is 0. The molecule has 13 aromatic rings. The van der Waals surface area contributed by atoms with Gasteiger partial charge < -0.3 is 23.4 Å². The van der Waals surface area contributed by atoms with Crippen LogP contribution in [0.4, 0.5) is 38.5 Å². The molecule has 0 aliphatic heterocycles. The van der Waals surface area contributed by atoms with E-state index >= 15 is 4.39 Å². The largest absolute Gasteiger partial charge is 0.457 e. The number of rotatable bonds is 10. The van der Waals surface area contributed by atoms with Crippen molar-refractivity contribution in [3.8, 4) is 22.6 Å². The van der Waals surface area contributed by atoms with Gasteiger partial charge in [-0.2, -0.15) is 0 Å². The summed E-state index contributed by atoms with van der Waals surface area (Å²) in [5.74, 6) is 1.11. The normalized spacial score (nSPS) is 14.3. The zero-order chi connectivity index (χ0) is 58.6. The van der Waals surface area contributed by atoms with Crippen LogP contribution in [0.3, 0.4) is 0 Å². The van der Waals surface area contributed by atoms with Gasteiger partial charge in [-0.15, -0.1) is 0 Å². The molecule has 418 valence electrons. The Balaban J connectivity index is 1.15. The summed E-state index contributed by atoms with van der Waals surface area (Å²) in [4.78, 5) is 4.71. The van der Waals surface area contributed by atoms with Crippen molar-refractivity contribution in [1.29, 1.82) is 0 Å². The maximum Gasteiger partial charge on any atom is 0.160 e. The highest BCUT2D eigenvalue weighted by Gasteiger charge is 2.51. The summed E-state index contributed by atoms with van der Waals surface area (Å²) in [6.07, 6.45) is 0. The molecule has 0 saturated heterocycles. The molecule has 0 bridgehead atoms. The second-order valence-corrected chi connectivity index (χ2v) is 25.8. The van der Waals surface area contributed by atoms with Crippen LogP contribution in [0.2, 0.25) is 0 Å². The second-order valence-electron chi connectivity index (χ2n) is 25.8. The SMILES string of the molecule is CC(C)(C)c1ccc(Oc2ccc(C3(c4ccc(F)cc4)c4cc(N(c5ccccc5)c5ccc(C(C)(C)C)cc5)c5c(oc6ccccc65)c4-c4c3cc(N(c3ccccc3)c3ccc(C(C)(C)C)cc3)c3oc5ccccc5c43)cc2)cc1. The van der Waals surface area contributed by atoms with E-state index in [4.69, 9.17) is 13.6 Å². The number of nitrogens with zero attached hydrogens (tertiary/aromatic N) is 2. The first kappa shape index (κ1) is 53.4. The average Bonchev–Trinajstić information content (AvgIpc) is 1.52. The smallest absolute Gasteiger partial charge is 0.160 e. The first-order chi connectivity index (χ1) is 40.9. The predicted molar refractivity (Wildman–Crippen MR) is 350 cm³/mol. The molecule has 6 heteroatoms. The van der Waals surface area contributed by atoms with Crippen molar-refractivity contribution in [3.05, 3.63) is 287 Å². The standard InChI is InChI=1S/C79H67FN2O3/c1-76(2,3)50-30-40-58(41-31-50)81(56-20-12-10-13-21-56)66-48-65-73(75-70(66)62-24-16-18-26-68(62)85-75)72-64(79(65,53-28-38-55(80)39-29-53)54-36-46-61(47-37-54)83-60-44-34-52(35-45-60)78(7,8)9)49-67(74-71(72)63-25-17-19-27-69(63)84-74)82(57-22-14-11-15-23-57)59-42-32-51(33-43-59)77(4,5)6/h10-49H,1-9H3. The average molecular weight is 1110 g/mol. The van der Waals surface area contributed by atoms with Gasteiger partial charge in [-0.1, -0.05) is 196 Å².